The van der Waals surface area contributed by atoms with E-state index in [-0.39, 0.29) is 35.1 Å². The van der Waals surface area contributed by atoms with Crippen molar-refractivity contribution in [1.29, 1.82) is 0 Å². The molecule has 0 aliphatic rings. The Morgan fingerprint density at radius 2 is 1.55 bits per heavy atom. The second-order valence-electron chi connectivity index (χ2n) is 7.92. The highest BCUT2D eigenvalue weighted by Gasteiger charge is 2.23. The fourth-order valence-corrected chi connectivity index (χ4v) is 3.76. The van der Waals surface area contributed by atoms with Gasteiger partial charge in [0, 0.05) is 17.5 Å². The van der Waals surface area contributed by atoms with Crippen molar-refractivity contribution < 1.29 is 33.0 Å². The molecule has 0 spiro atoms. The normalized spacial score (nSPS) is 10.5. The lowest BCUT2D eigenvalue weighted by atomic mass is 10.1. The van der Waals surface area contributed by atoms with Crippen molar-refractivity contribution in [2.75, 3.05) is 31.5 Å². The lowest BCUT2D eigenvalue weighted by Gasteiger charge is -2.16. The standard InChI is InChI=1S/C28H26N2O8/c1-4-36-28(33)38-25-21(34-2)14-18(15-22(25)35-3)26(31)30-24-23(29-16-17-10-6-5-7-11-17)19-12-8-9-13-20(19)37-27(24)32/h5-15,29H,4,16H2,1-3H3,(H,30,31). The molecule has 10 nitrogen and oxygen atoms in total. The van der Waals surface area contributed by atoms with Crippen LogP contribution in [0.4, 0.5) is 16.2 Å². The first-order valence-electron chi connectivity index (χ1n) is 11.7. The number of methoxy groups -OCH3 is 2. The maximum atomic E-state index is 13.3. The molecule has 0 aliphatic heterocycles. The van der Waals surface area contributed by atoms with Crippen LogP contribution in [0.2, 0.25) is 0 Å². The predicted octanol–water partition coefficient (Wildman–Crippen LogP) is 5.21. The third-order valence-corrected chi connectivity index (χ3v) is 5.53. The SMILES string of the molecule is CCOC(=O)Oc1c(OC)cc(C(=O)Nc2c(NCc3ccccc3)c3ccccc3oc2=O)cc1OC. The van der Waals surface area contributed by atoms with E-state index in [1.807, 2.05) is 30.3 Å². The monoisotopic (exact) mass is 518 g/mol. The predicted molar refractivity (Wildman–Crippen MR) is 141 cm³/mol. The van der Waals surface area contributed by atoms with Gasteiger partial charge >= 0.3 is 11.8 Å². The number of para-hydroxylation sites is 1. The van der Waals surface area contributed by atoms with Crippen molar-refractivity contribution in [2.24, 2.45) is 0 Å². The zero-order valence-corrected chi connectivity index (χ0v) is 21.0. The van der Waals surface area contributed by atoms with Crippen LogP contribution in [-0.4, -0.2) is 32.9 Å². The number of carbonyl (C=O) groups is 2. The minimum atomic E-state index is -0.954. The second-order valence-corrected chi connectivity index (χ2v) is 7.92. The summed E-state index contributed by atoms with van der Waals surface area (Å²) in [5.41, 5.74) is 1.05. The van der Waals surface area contributed by atoms with E-state index < -0.39 is 17.7 Å². The van der Waals surface area contributed by atoms with Crippen LogP contribution in [0.25, 0.3) is 11.0 Å². The summed E-state index contributed by atoms with van der Waals surface area (Å²) in [5, 5.41) is 6.54. The van der Waals surface area contributed by atoms with Gasteiger partial charge in [-0.15, -0.1) is 0 Å². The number of amides is 1. The van der Waals surface area contributed by atoms with Crippen LogP contribution < -0.4 is 30.5 Å². The molecule has 4 aromatic rings. The van der Waals surface area contributed by atoms with Crippen molar-refractivity contribution in [3.05, 3.63) is 88.3 Å². The van der Waals surface area contributed by atoms with Gasteiger partial charge in [0.05, 0.1) is 26.5 Å². The van der Waals surface area contributed by atoms with Gasteiger partial charge in [0.25, 0.3) is 5.91 Å². The van der Waals surface area contributed by atoms with Crippen molar-refractivity contribution in [2.45, 2.75) is 13.5 Å². The van der Waals surface area contributed by atoms with E-state index in [0.717, 1.165) is 5.56 Å². The summed E-state index contributed by atoms with van der Waals surface area (Å²) in [5.74, 6) is -0.596. The summed E-state index contributed by atoms with van der Waals surface area (Å²) in [6, 6.07) is 19.3. The topological polar surface area (TPSA) is 125 Å². The van der Waals surface area contributed by atoms with Crippen molar-refractivity contribution in [3.63, 3.8) is 0 Å². The number of carbonyl (C=O) groups excluding carboxylic acids is 2. The highest BCUT2D eigenvalue weighted by atomic mass is 16.7. The van der Waals surface area contributed by atoms with E-state index in [4.69, 9.17) is 23.4 Å². The summed E-state index contributed by atoms with van der Waals surface area (Å²) in [4.78, 5) is 38.2. The number of benzene rings is 3. The zero-order valence-electron chi connectivity index (χ0n) is 21.0. The molecule has 0 radical (unpaired) electrons. The largest absolute Gasteiger partial charge is 0.514 e. The van der Waals surface area contributed by atoms with Crippen LogP contribution in [0.1, 0.15) is 22.8 Å². The average Bonchev–Trinajstić information content (AvgIpc) is 2.93. The van der Waals surface area contributed by atoms with Crippen LogP contribution in [0.3, 0.4) is 0 Å². The molecule has 10 heteroatoms. The fraction of sp³-hybridized carbons (Fsp3) is 0.179. The first-order chi connectivity index (χ1) is 18.4. The molecule has 196 valence electrons. The van der Waals surface area contributed by atoms with Crippen LogP contribution in [-0.2, 0) is 11.3 Å². The summed E-state index contributed by atoms with van der Waals surface area (Å²) in [6.45, 7) is 2.15. The molecule has 38 heavy (non-hydrogen) atoms. The molecule has 0 unspecified atom stereocenters. The zero-order chi connectivity index (χ0) is 27.1. The van der Waals surface area contributed by atoms with Gasteiger partial charge in [-0.05, 0) is 36.8 Å². The first-order valence-corrected chi connectivity index (χ1v) is 11.7. The molecule has 0 atom stereocenters. The Bertz CT molecular complexity index is 1490. The Balaban J connectivity index is 1.71. The van der Waals surface area contributed by atoms with Crippen molar-refractivity contribution in [1.82, 2.24) is 0 Å². The minimum Gasteiger partial charge on any atom is -0.493 e. The number of anilines is 2. The third-order valence-electron chi connectivity index (χ3n) is 5.53. The second kappa shape index (κ2) is 11.8. The van der Waals surface area contributed by atoms with Crippen LogP contribution in [0.5, 0.6) is 17.2 Å². The molecule has 2 N–H and O–H groups in total. The maximum absolute atomic E-state index is 13.3. The summed E-state index contributed by atoms with van der Waals surface area (Å²) >= 11 is 0. The lowest BCUT2D eigenvalue weighted by molar-refractivity contribution is 0.102. The molecule has 3 aromatic carbocycles. The Labute approximate surface area is 218 Å². The molecule has 0 aliphatic carbocycles. The van der Waals surface area contributed by atoms with Crippen molar-refractivity contribution in [3.8, 4) is 17.2 Å². The maximum Gasteiger partial charge on any atom is 0.514 e. The van der Waals surface area contributed by atoms with Gasteiger partial charge in [0.15, 0.2) is 17.2 Å². The number of rotatable bonds is 9. The minimum absolute atomic E-state index is 0.0514. The number of hydrogen-bond acceptors (Lipinski definition) is 9. The number of ether oxygens (including phenoxy) is 4. The van der Waals surface area contributed by atoms with Crippen molar-refractivity contribution >= 4 is 34.4 Å². The Morgan fingerprint density at radius 3 is 2.21 bits per heavy atom. The average molecular weight is 519 g/mol. The van der Waals surface area contributed by atoms with Gasteiger partial charge < -0.3 is 34.0 Å². The van der Waals surface area contributed by atoms with Gasteiger partial charge in [0.1, 0.15) is 5.58 Å². The van der Waals surface area contributed by atoms with Gasteiger partial charge in [-0.25, -0.2) is 9.59 Å². The molecular formula is C28H26N2O8. The molecule has 0 saturated heterocycles. The smallest absolute Gasteiger partial charge is 0.493 e. The van der Waals surface area contributed by atoms with Gasteiger partial charge in [-0.1, -0.05) is 42.5 Å². The van der Waals surface area contributed by atoms with E-state index in [1.54, 1.807) is 31.2 Å². The third kappa shape index (κ3) is 5.70. The highest BCUT2D eigenvalue weighted by Crippen LogP contribution is 2.39. The van der Waals surface area contributed by atoms with Gasteiger partial charge in [-0.3, -0.25) is 4.79 Å². The van der Waals surface area contributed by atoms with Gasteiger partial charge in [-0.2, -0.15) is 0 Å². The number of hydrogen-bond donors (Lipinski definition) is 2. The molecule has 1 aromatic heterocycles. The molecule has 0 bridgehead atoms. The fourth-order valence-electron chi connectivity index (χ4n) is 3.76. The van der Waals surface area contributed by atoms with E-state index in [2.05, 4.69) is 10.6 Å². The number of nitrogens with one attached hydrogen (secondary N) is 2. The van der Waals surface area contributed by atoms with E-state index >= 15 is 0 Å². The quantitative estimate of drug-likeness (QED) is 0.174. The van der Waals surface area contributed by atoms with E-state index in [1.165, 1.54) is 26.4 Å². The summed E-state index contributed by atoms with van der Waals surface area (Å²) in [6.07, 6.45) is -0.954. The molecule has 1 amide bonds. The molecular weight excluding hydrogens is 492 g/mol. The van der Waals surface area contributed by atoms with Crippen LogP contribution in [0, 0.1) is 0 Å². The summed E-state index contributed by atoms with van der Waals surface area (Å²) in [7, 11) is 2.69. The van der Waals surface area contributed by atoms with E-state index in [9.17, 15) is 14.4 Å². The summed E-state index contributed by atoms with van der Waals surface area (Å²) < 4.78 is 26.1. The Morgan fingerprint density at radius 1 is 0.895 bits per heavy atom. The molecule has 4 rings (SSSR count). The highest BCUT2D eigenvalue weighted by molar-refractivity contribution is 6.09. The first kappa shape index (κ1) is 26.1. The van der Waals surface area contributed by atoms with E-state index in [0.29, 0.717) is 23.2 Å². The Hall–Kier alpha value is -4.99. The molecule has 0 saturated carbocycles. The van der Waals surface area contributed by atoms with Crippen LogP contribution in [0.15, 0.2) is 75.9 Å². The van der Waals surface area contributed by atoms with Crippen LogP contribution >= 0.6 is 0 Å². The molecule has 1 heterocycles. The number of fused-ring (bicyclic) bond motifs is 1. The molecule has 0 fully saturated rings. The Kier molecular flexibility index (Phi) is 8.12. The van der Waals surface area contributed by atoms with Gasteiger partial charge in [0.2, 0.25) is 5.75 Å². The lowest BCUT2D eigenvalue weighted by Crippen LogP contribution is -2.20.